The Balaban J connectivity index is 1.60. The maximum atomic E-state index is 13.7. The molecule has 0 amide bonds. The molecule has 34 heavy (non-hydrogen) atoms. The first-order valence-corrected chi connectivity index (χ1v) is 13.3. The lowest BCUT2D eigenvalue weighted by Crippen LogP contribution is -2.31. The Morgan fingerprint density at radius 1 is 1.00 bits per heavy atom. The molecule has 0 bridgehead atoms. The first-order valence-electron chi connectivity index (χ1n) is 11.0. The van der Waals surface area contributed by atoms with Crippen molar-refractivity contribution in [2.45, 2.75) is 29.8 Å². The number of ether oxygens (including phenoxy) is 1. The molecule has 1 aliphatic heterocycles. The molecular formula is C26H23BrN2O4S. The van der Waals surface area contributed by atoms with Gasteiger partial charge in [-0.25, -0.2) is 8.42 Å². The van der Waals surface area contributed by atoms with E-state index in [1.807, 2.05) is 48.2 Å². The maximum Gasteiger partial charge on any atom is 0.236 e. The van der Waals surface area contributed by atoms with Crippen molar-refractivity contribution in [3.05, 3.63) is 88.4 Å². The van der Waals surface area contributed by atoms with E-state index in [1.54, 1.807) is 24.3 Å². The van der Waals surface area contributed by atoms with Gasteiger partial charge in [0.05, 0.1) is 11.5 Å². The number of benzene rings is 3. The predicted molar refractivity (Wildman–Crippen MR) is 134 cm³/mol. The van der Waals surface area contributed by atoms with Gasteiger partial charge < -0.3 is 14.1 Å². The lowest BCUT2D eigenvalue weighted by atomic mass is 10.0. The molecule has 0 fully saturated rings. The van der Waals surface area contributed by atoms with Gasteiger partial charge in [0.25, 0.3) is 0 Å². The summed E-state index contributed by atoms with van der Waals surface area (Å²) in [6, 6.07) is 22.0. The molecule has 1 aromatic heterocycles. The quantitative estimate of drug-likeness (QED) is 0.304. The number of sulfone groups is 1. The number of fused-ring (bicyclic) bond motifs is 1. The molecule has 0 N–H and O–H groups in total. The zero-order chi connectivity index (χ0) is 23.7. The second-order valence-electron chi connectivity index (χ2n) is 7.98. The SMILES string of the molecule is CCOc1ccc(-c2nc(S(=O)(=O)c3ccc(Br)cc3)c(N3CCc4ccccc4C3)o2)cc1. The van der Waals surface area contributed by atoms with Crippen LogP contribution in [0.15, 0.2) is 91.6 Å². The summed E-state index contributed by atoms with van der Waals surface area (Å²) in [5, 5.41) is -0.0712. The van der Waals surface area contributed by atoms with Crippen LogP contribution in [-0.4, -0.2) is 26.6 Å². The second kappa shape index (κ2) is 9.27. The fourth-order valence-electron chi connectivity index (χ4n) is 4.05. The minimum atomic E-state index is -3.91. The number of nitrogens with zero attached hydrogens (tertiary/aromatic N) is 2. The first kappa shape index (κ1) is 22.7. The van der Waals surface area contributed by atoms with E-state index in [-0.39, 0.29) is 21.7 Å². The number of aromatic nitrogens is 1. The molecule has 0 unspecified atom stereocenters. The Morgan fingerprint density at radius 3 is 2.41 bits per heavy atom. The highest BCUT2D eigenvalue weighted by molar-refractivity contribution is 9.10. The van der Waals surface area contributed by atoms with Crippen LogP contribution in [0.4, 0.5) is 5.88 Å². The van der Waals surface area contributed by atoms with Gasteiger partial charge in [-0.3, -0.25) is 0 Å². The molecule has 2 heterocycles. The zero-order valence-electron chi connectivity index (χ0n) is 18.6. The van der Waals surface area contributed by atoms with Gasteiger partial charge in [0.2, 0.25) is 26.6 Å². The first-order chi connectivity index (χ1) is 16.5. The smallest absolute Gasteiger partial charge is 0.236 e. The molecule has 0 aliphatic carbocycles. The Kier molecular flexibility index (Phi) is 6.18. The average Bonchev–Trinajstić information content (AvgIpc) is 3.31. The van der Waals surface area contributed by atoms with Crippen LogP contribution in [0.5, 0.6) is 5.75 Å². The van der Waals surface area contributed by atoms with Crippen LogP contribution in [-0.2, 0) is 22.8 Å². The van der Waals surface area contributed by atoms with Crippen molar-refractivity contribution in [2.75, 3.05) is 18.1 Å². The summed E-state index contributed by atoms with van der Waals surface area (Å²) in [6.45, 7) is 3.67. The van der Waals surface area contributed by atoms with Gasteiger partial charge in [0, 0.05) is 23.1 Å². The van der Waals surface area contributed by atoms with Gasteiger partial charge in [-0.2, -0.15) is 4.98 Å². The zero-order valence-corrected chi connectivity index (χ0v) is 21.0. The topological polar surface area (TPSA) is 72.6 Å². The summed E-state index contributed by atoms with van der Waals surface area (Å²) < 4.78 is 39.8. The van der Waals surface area contributed by atoms with Crippen LogP contribution in [0.25, 0.3) is 11.5 Å². The van der Waals surface area contributed by atoms with E-state index < -0.39 is 9.84 Å². The predicted octanol–water partition coefficient (Wildman–Crippen LogP) is 5.90. The van der Waals surface area contributed by atoms with Crippen molar-refractivity contribution >= 4 is 31.7 Å². The van der Waals surface area contributed by atoms with Crippen LogP contribution in [0, 0.1) is 0 Å². The van der Waals surface area contributed by atoms with Crippen LogP contribution >= 0.6 is 15.9 Å². The van der Waals surface area contributed by atoms with E-state index >= 15 is 0 Å². The van der Waals surface area contributed by atoms with Gasteiger partial charge in [-0.15, -0.1) is 0 Å². The third-order valence-corrected chi connectivity index (χ3v) is 7.98. The summed E-state index contributed by atoms with van der Waals surface area (Å²) in [5.41, 5.74) is 3.10. The van der Waals surface area contributed by atoms with E-state index in [0.717, 1.165) is 22.2 Å². The van der Waals surface area contributed by atoms with Crippen LogP contribution in [0.1, 0.15) is 18.1 Å². The molecule has 0 atom stereocenters. The van der Waals surface area contributed by atoms with Crippen molar-refractivity contribution in [3.63, 3.8) is 0 Å². The Bertz CT molecular complexity index is 1410. The van der Waals surface area contributed by atoms with E-state index in [2.05, 4.69) is 33.0 Å². The highest BCUT2D eigenvalue weighted by Gasteiger charge is 2.32. The van der Waals surface area contributed by atoms with E-state index in [1.165, 1.54) is 5.56 Å². The van der Waals surface area contributed by atoms with Crippen molar-refractivity contribution in [3.8, 4) is 17.2 Å². The van der Waals surface area contributed by atoms with Crippen molar-refractivity contribution in [2.24, 2.45) is 0 Å². The van der Waals surface area contributed by atoms with Crippen molar-refractivity contribution in [1.82, 2.24) is 4.98 Å². The van der Waals surface area contributed by atoms with Crippen LogP contribution in [0.3, 0.4) is 0 Å². The van der Waals surface area contributed by atoms with Gasteiger partial charge in [-0.05, 0) is 73.0 Å². The second-order valence-corrected chi connectivity index (χ2v) is 10.8. The van der Waals surface area contributed by atoms with Gasteiger partial charge in [0.15, 0.2) is 0 Å². The third-order valence-electron chi connectivity index (χ3n) is 5.79. The molecule has 174 valence electrons. The molecule has 4 aromatic rings. The number of halogens is 1. The third kappa shape index (κ3) is 4.35. The Hall–Kier alpha value is -3.10. The molecule has 0 radical (unpaired) electrons. The Morgan fingerprint density at radius 2 is 1.71 bits per heavy atom. The lowest BCUT2D eigenvalue weighted by molar-refractivity contribution is 0.340. The molecule has 0 saturated carbocycles. The van der Waals surface area contributed by atoms with Crippen LogP contribution in [0.2, 0.25) is 0 Å². The fourth-order valence-corrected chi connectivity index (χ4v) is 5.64. The number of hydrogen-bond donors (Lipinski definition) is 0. The fraction of sp³-hybridized carbons (Fsp3) is 0.192. The van der Waals surface area contributed by atoms with Crippen molar-refractivity contribution in [1.29, 1.82) is 0 Å². The van der Waals surface area contributed by atoms with E-state index in [9.17, 15) is 8.42 Å². The minimum absolute atomic E-state index is 0.0712. The van der Waals surface area contributed by atoms with Crippen LogP contribution < -0.4 is 9.64 Å². The summed E-state index contributed by atoms with van der Waals surface area (Å²) in [4.78, 5) is 6.63. The molecular weight excluding hydrogens is 516 g/mol. The van der Waals surface area contributed by atoms with Gasteiger partial charge >= 0.3 is 0 Å². The molecule has 8 heteroatoms. The van der Waals surface area contributed by atoms with Crippen molar-refractivity contribution < 1.29 is 17.6 Å². The number of hydrogen-bond acceptors (Lipinski definition) is 6. The minimum Gasteiger partial charge on any atom is -0.494 e. The monoisotopic (exact) mass is 538 g/mol. The summed E-state index contributed by atoms with van der Waals surface area (Å²) in [6.07, 6.45) is 0.799. The number of anilines is 1. The number of rotatable bonds is 6. The molecule has 0 saturated heterocycles. The Labute approximate surface area is 207 Å². The average molecular weight is 539 g/mol. The normalized spacial score (nSPS) is 13.5. The number of oxazole rings is 1. The van der Waals surface area contributed by atoms with E-state index in [4.69, 9.17) is 9.15 Å². The highest BCUT2D eigenvalue weighted by atomic mass is 79.9. The largest absolute Gasteiger partial charge is 0.494 e. The summed E-state index contributed by atoms with van der Waals surface area (Å²) in [5.74, 6) is 1.25. The molecule has 0 spiro atoms. The molecule has 5 rings (SSSR count). The lowest BCUT2D eigenvalue weighted by Gasteiger charge is -2.28. The van der Waals surface area contributed by atoms with Gasteiger partial charge in [0.1, 0.15) is 5.75 Å². The summed E-state index contributed by atoms with van der Waals surface area (Å²) >= 11 is 3.36. The van der Waals surface area contributed by atoms with Gasteiger partial charge in [-0.1, -0.05) is 40.2 Å². The molecule has 6 nitrogen and oxygen atoms in total. The molecule has 1 aliphatic rings. The maximum absolute atomic E-state index is 13.7. The van der Waals surface area contributed by atoms with E-state index in [0.29, 0.717) is 25.3 Å². The standard InChI is InChI=1S/C26H23BrN2O4S/c1-2-32-22-11-7-19(8-12-22)24-28-25(34(30,31)23-13-9-21(27)10-14-23)26(33-24)29-16-15-18-5-3-4-6-20(18)17-29/h3-14H,2,15-17H2,1H3. The molecule has 3 aromatic carbocycles. The summed E-state index contributed by atoms with van der Waals surface area (Å²) in [7, 11) is -3.91. The highest BCUT2D eigenvalue weighted by Crippen LogP contribution is 2.37.